The van der Waals surface area contributed by atoms with Gasteiger partial charge in [0, 0.05) is 38.1 Å². The van der Waals surface area contributed by atoms with Crippen molar-refractivity contribution in [3.63, 3.8) is 0 Å². The number of aliphatic hydroxyl groups excluding tert-OH is 1. The number of nitriles is 1. The number of anilines is 1. The molecule has 0 saturated carbocycles. The molecule has 1 heterocycles. The van der Waals surface area contributed by atoms with Crippen molar-refractivity contribution >= 4 is 5.69 Å². The summed E-state index contributed by atoms with van der Waals surface area (Å²) in [6.45, 7) is 4.35. The average molecular weight is 274 g/mol. The monoisotopic (exact) mass is 274 g/mol. The van der Waals surface area contributed by atoms with Crippen molar-refractivity contribution in [3.8, 4) is 6.07 Å². The number of ether oxygens (including phenoxy) is 1. The Kier molecular flexibility index (Phi) is 4.99. The van der Waals surface area contributed by atoms with Crippen LogP contribution in [0.5, 0.6) is 0 Å². The first kappa shape index (κ1) is 14.8. The molecule has 1 aromatic rings. The lowest BCUT2D eigenvalue weighted by atomic mass is 9.98. The molecule has 20 heavy (non-hydrogen) atoms. The Morgan fingerprint density at radius 3 is 2.75 bits per heavy atom. The fourth-order valence-corrected chi connectivity index (χ4v) is 2.71. The van der Waals surface area contributed by atoms with E-state index in [2.05, 4.69) is 11.0 Å². The molecule has 0 spiro atoms. The highest BCUT2D eigenvalue weighted by atomic mass is 16.5. The highest BCUT2D eigenvalue weighted by molar-refractivity contribution is 5.58. The standard InChI is InChI=1S/C16H22N2O2/c1-12(19)15-4-3-14(10-17)9-16(15)18(2)11-13-5-7-20-8-6-13/h3-4,9,12-13,19H,5-8,11H2,1-2H3/t12-/m1/s1. The Morgan fingerprint density at radius 2 is 2.15 bits per heavy atom. The van der Waals surface area contributed by atoms with Gasteiger partial charge in [0.25, 0.3) is 0 Å². The largest absolute Gasteiger partial charge is 0.389 e. The molecule has 0 aliphatic carbocycles. The van der Waals surface area contributed by atoms with Gasteiger partial charge in [-0.05, 0) is 37.8 Å². The van der Waals surface area contributed by atoms with Crippen LogP contribution in [-0.2, 0) is 4.74 Å². The second kappa shape index (κ2) is 6.74. The number of aliphatic hydroxyl groups is 1. The molecule has 1 atom stereocenters. The van der Waals surface area contributed by atoms with E-state index in [-0.39, 0.29) is 0 Å². The summed E-state index contributed by atoms with van der Waals surface area (Å²) in [6, 6.07) is 7.63. The Balaban J connectivity index is 2.18. The number of rotatable bonds is 4. The molecular weight excluding hydrogens is 252 g/mol. The summed E-state index contributed by atoms with van der Waals surface area (Å²) in [4.78, 5) is 2.15. The van der Waals surface area contributed by atoms with Gasteiger partial charge in [0.1, 0.15) is 0 Å². The zero-order valence-corrected chi connectivity index (χ0v) is 12.2. The van der Waals surface area contributed by atoms with Gasteiger partial charge in [-0.2, -0.15) is 5.26 Å². The molecule has 0 amide bonds. The van der Waals surface area contributed by atoms with Gasteiger partial charge in [-0.15, -0.1) is 0 Å². The molecule has 2 rings (SSSR count). The lowest BCUT2D eigenvalue weighted by Crippen LogP contribution is -2.30. The first-order chi connectivity index (χ1) is 9.61. The minimum atomic E-state index is -0.533. The van der Waals surface area contributed by atoms with E-state index in [4.69, 9.17) is 10.00 Å². The fourth-order valence-electron chi connectivity index (χ4n) is 2.71. The Hall–Kier alpha value is -1.57. The molecule has 0 radical (unpaired) electrons. The normalized spacial score (nSPS) is 17.5. The van der Waals surface area contributed by atoms with Gasteiger partial charge >= 0.3 is 0 Å². The average Bonchev–Trinajstić information content (AvgIpc) is 2.47. The molecule has 4 heteroatoms. The molecule has 1 saturated heterocycles. The summed E-state index contributed by atoms with van der Waals surface area (Å²) >= 11 is 0. The first-order valence-electron chi connectivity index (χ1n) is 7.13. The van der Waals surface area contributed by atoms with Crippen molar-refractivity contribution < 1.29 is 9.84 Å². The van der Waals surface area contributed by atoms with E-state index in [1.54, 1.807) is 13.0 Å². The maximum Gasteiger partial charge on any atom is 0.0992 e. The first-order valence-corrected chi connectivity index (χ1v) is 7.13. The predicted molar refractivity (Wildman–Crippen MR) is 78.6 cm³/mol. The molecule has 1 fully saturated rings. The maximum atomic E-state index is 9.89. The van der Waals surface area contributed by atoms with E-state index in [1.165, 1.54) is 0 Å². The van der Waals surface area contributed by atoms with Crippen LogP contribution in [0.15, 0.2) is 18.2 Å². The zero-order valence-electron chi connectivity index (χ0n) is 12.2. The molecule has 1 N–H and O–H groups in total. The Labute approximate surface area is 120 Å². The summed E-state index contributed by atoms with van der Waals surface area (Å²) in [5.41, 5.74) is 2.45. The minimum absolute atomic E-state index is 0.533. The van der Waals surface area contributed by atoms with E-state index in [0.29, 0.717) is 11.5 Å². The third-order valence-corrected chi connectivity index (χ3v) is 3.89. The second-order valence-electron chi connectivity index (χ2n) is 5.50. The van der Waals surface area contributed by atoms with E-state index in [9.17, 15) is 5.11 Å². The lowest BCUT2D eigenvalue weighted by molar-refractivity contribution is 0.0685. The van der Waals surface area contributed by atoms with Gasteiger partial charge in [-0.3, -0.25) is 0 Å². The van der Waals surface area contributed by atoms with Crippen LogP contribution in [0.3, 0.4) is 0 Å². The molecule has 1 aliphatic rings. The maximum absolute atomic E-state index is 9.89. The minimum Gasteiger partial charge on any atom is -0.389 e. The van der Waals surface area contributed by atoms with Gasteiger partial charge in [0.05, 0.1) is 17.7 Å². The molecule has 108 valence electrons. The molecule has 0 aromatic heterocycles. The summed E-state index contributed by atoms with van der Waals surface area (Å²) in [7, 11) is 2.03. The van der Waals surface area contributed by atoms with Crippen LogP contribution in [0.4, 0.5) is 5.69 Å². The van der Waals surface area contributed by atoms with E-state index in [0.717, 1.165) is 43.9 Å². The predicted octanol–water partition coefficient (Wildman–Crippen LogP) is 2.47. The van der Waals surface area contributed by atoms with E-state index < -0.39 is 6.10 Å². The summed E-state index contributed by atoms with van der Waals surface area (Å²) in [5.74, 6) is 0.612. The van der Waals surface area contributed by atoms with Crippen LogP contribution in [0, 0.1) is 17.2 Å². The van der Waals surface area contributed by atoms with Crippen LogP contribution in [-0.4, -0.2) is 31.9 Å². The second-order valence-corrected chi connectivity index (χ2v) is 5.50. The molecule has 4 nitrogen and oxygen atoms in total. The van der Waals surface area contributed by atoms with Crippen molar-refractivity contribution in [2.24, 2.45) is 5.92 Å². The van der Waals surface area contributed by atoms with Gasteiger partial charge in [-0.25, -0.2) is 0 Å². The van der Waals surface area contributed by atoms with Crippen molar-refractivity contribution in [1.29, 1.82) is 5.26 Å². The summed E-state index contributed by atoms with van der Waals surface area (Å²) in [6.07, 6.45) is 1.62. The summed E-state index contributed by atoms with van der Waals surface area (Å²) < 4.78 is 5.38. The number of hydrogen-bond acceptors (Lipinski definition) is 4. The van der Waals surface area contributed by atoms with Gasteiger partial charge in [0.2, 0.25) is 0 Å². The molecule has 1 aliphatic heterocycles. The smallest absolute Gasteiger partial charge is 0.0992 e. The van der Waals surface area contributed by atoms with Crippen molar-refractivity contribution in [1.82, 2.24) is 0 Å². The van der Waals surface area contributed by atoms with Crippen LogP contribution in [0.1, 0.15) is 37.0 Å². The molecule has 0 unspecified atom stereocenters. The van der Waals surface area contributed by atoms with Crippen LogP contribution in [0.25, 0.3) is 0 Å². The Morgan fingerprint density at radius 1 is 1.45 bits per heavy atom. The lowest BCUT2D eigenvalue weighted by Gasteiger charge is -2.30. The molecule has 1 aromatic carbocycles. The van der Waals surface area contributed by atoms with E-state index >= 15 is 0 Å². The topological polar surface area (TPSA) is 56.5 Å². The Bertz CT molecular complexity index is 488. The SMILES string of the molecule is C[C@@H](O)c1ccc(C#N)cc1N(C)CC1CCOCC1. The summed E-state index contributed by atoms with van der Waals surface area (Å²) in [5, 5.41) is 18.9. The van der Waals surface area contributed by atoms with Gasteiger partial charge < -0.3 is 14.7 Å². The van der Waals surface area contributed by atoms with Crippen molar-refractivity contribution in [2.75, 3.05) is 31.7 Å². The van der Waals surface area contributed by atoms with Crippen LogP contribution in [0.2, 0.25) is 0 Å². The number of hydrogen-bond donors (Lipinski definition) is 1. The zero-order chi connectivity index (χ0) is 14.5. The quantitative estimate of drug-likeness (QED) is 0.916. The van der Waals surface area contributed by atoms with Crippen molar-refractivity contribution in [3.05, 3.63) is 29.3 Å². The molecule has 0 bridgehead atoms. The van der Waals surface area contributed by atoms with E-state index in [1.807, 2.05) is 19.2 Å². The van der Waals surface area contributed by atoms with Crippen LogP contribution >= 0.6 is 0 Å². The highest BCUT2D eigenvalue weighted by Gasteiger charge is 2.19. The van der Waals surface area contributed by atoms with Crippen LogP contribution < -0.4 is 4.90 Å². The van der Waals surface area contributed by atoms with Crippen molar-refractivity contribution in [2.45, 2.75) is 25.9 Å². The third-order valence-electron chi connectivity index (χ3n) is 3.89. The molecular formula is C16H22N2O2. The van der Waals surface area contributed by atoms with Gasteiger partial charge in [0.15, 0.2) is 0 Å². The fraction of sp³-hybridized carbons (Fsp3) is 0.562. The number of benzene rings is 1. The third kappa shape index (κ3) is 3.50. The highest BCUT2D eigenvalue weighted by Crippen LogP contribution is 2.28. The number of nitrogens with zero attached hydrogens (tertiary/aromatic N) is 2. The van der Waals surface area contributed by atoms with Gasteiger partial charge in [-0.1, -0.05) is 6.07 Å².